The van der Waals surface area contributed by atoms with Gasteiger partial charge in [-0.05, 0) is 67.4 Å². The Kier molecular flexibility index (Phi) is 7.11. The van der Waals surface area contributed by atoms with E-state index in [1.165, 1.54) is 34.8 Å². The Morgan fingerprint density at radius 2 is 1.79 bits per heavy atom. The molecule has 0 spiro atoms. The van der Waals surface area contributed by atoms with Crippen molar-refractivity contribution >= 4 is 56.9 Å². The molecule has 1 N–H and O–H groups in total. The second-order valence-corrected chi connectivity index (χ2v) is 10.5. The number of nitrogens with zero attached hydrogens (tertiary/aromatic N) is 2. The number of furan rings is 1. The van der Waals surface area contributed by atoms with Crippen molar-refractivity contribution in [3.05, 3.63) is 75.4 Å². The number of benzene rings is 2. The van der Waals surface area contributed by atoms with Gasteiger partial charge < -0.3 is 4.42 Å². The minimum atomic E-state index is -3.84. The van der Waals surface area contributed by atoms with Gasteiger partial charge in [-0.3, -0.25) is 4.79 Å². The zero-order valence-electron chi connectivity index (χ0n) is 17.0. The highest BCUT2D eigenvalue weighted by atomic mass is 35.5. The average molecular weight is 527 g/mol. The van der Waals surface area contributed by atoms with Gasteiger partial charge in [-0.2, -0.15) is 9.41 Å². The number of amides is 1. The highest BCUT2D eigenvalue weighted by Gasteiger charge is 2.39. The lowest BCUT2D eigenvalue weighted by molar-refractivity contribution is -0.124. The van der Waals surface area contributed by atoms with Gasteiger partial charge in [0.1, 0.15) is 17.6 Å². The first-order valence-electron chi connectivity index (χ1n) is 9.91. The molecule has 1 amide bonds. The maximum Gasteiger partial charge on any atom is 0.258 e. The number of carbonyl (C=O) groups excluding carboxylic acids is 1. The zero-order chi connectivity index (χ0) is 23.6. The van der Waals surface area contributed by atoms with E-state index in [0.717, 1.165) is 0 Å². The first kappa shape index (κ1) is 23.8. The van der Waals surface area contributed by atoms with E-state index in [1.807, 2.05) is 0 Å². The van der Waals surface area contributed by atoms with Gasteiger partial charge in [0.2, 0.25) is 10.0 Å². The Hall–Kier alpha value is -2.36. The molecule has 7 nitrogen and oxygen atoms in total. The molecule has 1 saturated heterocycles. The van der Waals surface area contributed by atoms with E-state index in [2.05, 4.69) is 10.5 Å². The molecule has 11 heteroatoms. The Balaban J connectivity index is 1.43. The van der Waals surface area contributed by atoms with E-state index in [9.17, 15) is 13.2 Å². The van der Waals surface area contributed by atoms with Gasteiger partial charge in [0.15, 0.2) is 0 Å². The molecule has 2 heterocycles. The van der Waals surface area contributed by atoms with Gasteiger partial charge in [-0.1, -0.05) is 34.8 Å². The summed E-state index contributed by atoms with van der Waals surface area (Å²) in [6.45, 7) is 0.246. The summed E-state index contributed by atoms with van der Waals surface area (Å²) in [6.07, 6.45) is 2.30. The highest BCUT2D eigenvalue weighted by molar-refractivity contribution is 7.89. The van der Waals surface area contributed by atoms with Crippen LogP contribution in [-0.4, -0.2) is 37.4 Å². The summed E-state index contributed by atoms with van der Waals surface area (Å²) < 4.78 is 32.8. The number of hydrogen-bond acceptors (Lipinski definition) is 5. The fourth-order valence-electron chi connectivity index (χ4n) is 3.52. The van der Waals surface area contributed by atoms with Crippen LogP contribution in [0.2, 0.25) is 15.1 Å². The second kappa shape index (κ2) is 9.87. The largest absolute Gasteiger partial charge is 0.455 e. The van der Waals surface area contributed by atoms with Gasteiger partial charge in [0.05, 0.1) is 16.1 Å². The summed E-state index contributed by atoms with van der Waals surface area (Å²) in [6, 6.07) is 13.4. The van der Waals surface area contributed by atoms with Gasteiger partial charge in [0.25, 0.3) is 5.91 Å². The first-order chi connectivity index (χ1) is 15.8. The third-order valence-corrected chi connectivity index (χ3v) is 7.84. The normalized spacial score (nSPS) is 17.0. The van der Waals surface area contributed by atoms with Crippen molar-refractivity contribution in [1.82, 2.24) is 9.73 Å². The van der Waals surface area contributed by atoms with Crippen molar-refractivity contribution in [1.29, 1.82) is 0 Å². The molecule has 0 unspecified atom stereocenters. The van der Waals surface area contributed by atoms with E-state index in [4.69, 9.17) is 39.2 Å². The van der Waals surface area contributed by atoms with Crippen LogP contribution in [0.3, 0.4) is 0 Å². The standard InChI is InChI=1S/C22H18Cl3N3O4S/c23-14-3-7-17(8-4-14)33(30,31)28-11-1-2-20(28)22(29)27-26-13-16-6-10-21(32-16)18-9-5-15(24)12-19(18)25/h3-10,12-13,20H,1-2,11H2,(H,27,29)/b26-13-/t20-/m1/s1. The number of halogens is 3. The molecule has 1 aromatic heterocycles. The van der Waals surface area contributed by atoms with Gasteiger partial charge >= 0.3 is 0 Å². The number of rotatable bonds is 6. The Labute approximate surface area is 206 Å². The molecule has 1 aliphatic rings. The molecule has 0 bridgehead atoms. The number of hydrazone groups is 1. The summed E-state index contributed by atoms with van der Waals surface area (Å²) in [5, 5.41) is 5.30. The maximum absolute atomic E-state index is 13.0. The minimum absolute atomic E-state index is 0.0825. The molecule has 3 aromatic rings. The van der Waals surface area contributed by atoms with Crippen LogP contribution in [0.15, 0.2) is 69.0 Å². The van der Waals surface area contributed by atoms with Crippen LogP contribution < -0.4 is 5.43 Å². The molecular formula is C22H18Cl3N3O4S. The van der Waals surface area contributed by atoms with Crippen molar-refractivity contribution < 1.29 is 17.6 Å². The topological polar surface area (TPSA) is 92.0 Å². The summed E-state index contributed by atoms with van der Waals surface area (Å²) in [5.41, 5.74) is 3.07. The molecule has 0 saturated carbocycles. The third-order valence-electron chi connectivity index (χ3n) is 5.12. The van der Waals surface area contributed by atoms with Gasteiger partial charge in [-0.25, -0.2) is 13.8 Å². The predicted octanol–water partition coefficient (Wildman–Crippen LogP) is 5.21. The summed E-state index contributed by atoms with van der Waals surface area (Å²) in [5.74, 6) is 0.377. The molecule has 1 aliphatic heterocycles. The van der Waals surface area contributed by atoms with Crippen LogP contribution >= 0.6 is 34.8 Å². The Bertz CT molecular complexity index is 1310. The summed E-state index contributed by atoms with van der Waals surface area (Å²) >= 11 is 18.0. The van der Waals surface area contributed by atoms with Crippen LogP contribution in [-0.2, 0) is 14.8 Å². The quantitative estimate of drug-likeness (QED) is 0.352. The van der Waals surface area contributed by atoms with E-state index in [1.54, 1.807) is 30.3 Å². The molecule has 33 heavy (non-hydrogen) atoms. The number of nitrogens with one attached hydrogen (secondary N) is 1. The van der Waals surface area contributed by atoms with Gasteiger partial charge in [0, 0.05) is 22.2 Å². The Morgan fingerprint density at radius 3 is 2.52 bits per heavy atom. The number of sulfonamides is 1. The minimum Gasteiger partial charge on any atom is -0.455 e. The monoisotopic (exact) mass is 525 g/mol. The SMILES string of the molecule is O=C(N/N=C\c1ccc(-c2ccc(Cl)cc2Cl)o1)[C@H]1CCCN1S(=O)(=O)c1ccc(Cl)cc1. The molecule has 172 valence electrons. The highest BCUT2D eigenvalue weighted by Crippen LogP contribution is 2.31. The first-order valence-corrected chi connectivity index (χ1v) is 12.5. The lowest BCUT2D eigenvalue weighted by Gasteiger charge is -2.22. The van der Waals surface area contributed by atoms with Crippen LogP contribution in [0.4, 0.5) is 0 Å². The lowest BCUT2D eigenvalue weighted by Crippen LogP contribution is -2.44. The fourth-order valence-corrected chi connectivity index (χ4v) is 5.81. The van der Waals surface area contributed by atoms with E-state index in [-0.39, 0.29) is 11.4 Å². The molecule has 0 aliphatic carbocycles. The molecule has 1 atom stereocenters. The molecule has 4 rings (SSSR count). The zero-order valence-corrected chi connectivity index (χ0v) is 20.1. The predicted molar refractivity (Wildman–Crippen MR) is 128 cm³/mol. The van der Waals surface area contributed by atoms with Crippen LogP contribution in [0.25, 0.3) is 11.3 Å². The third kappa shape index (κ3) is 5.26. The van der Waals surface area contributed by atoms with Crippen molar-refractivity contribution in [3.63, 3.8) is 0 Å². The molecule has 0 radical (unpaired) electrons. The van der Waals surface area contributed by atoms with Crippen LogP contribution in [0, 0.1) is 0 Å². The smallest absolute Gasteiger partial charge is 0.258 e. The summed E-state index contributed by atoms with van der Waals surface area (Å²) in [4.78, 5) is 12.8. The van der Waals surface area contributed by atoms with E-state index < -0.39 is 22.0 Å². The Morgan fingerprint density at radius 1 is 1.06 bits per heavy atom. The van der Waals surface area contributed by atoms with Gasteiger partial charge in [-0.15, -0.1) is 0 Å². The number of hydrogen-bond donors (Lipinski definition) is 1. The van der Waals surface area contributed by atoms with Crippen molar-refractivity contribution in [2.24, 2.45) is 5.10 Å². The lowest BCUT2D eigenvalue weighted by atomic mass is 10.2. The van der Waals surface area contributed by atoms with Crippen molar-refractivity contribution in [2.75, 3.05) is 6.54 Å². The van der Waals surface area contributed by atoms with Crippen molar-refractivity contribution in [2.45, 2.75) is 23.8 Å². The fraction of sp³-hybridized carbons (Fsp3) is 0.182. The van der Waals surface area contributed by atoms with E-state index in [0.29, 0.717) is 45.0 Å². The number of carbonyl (C=O) groups is 1. The molecule has 2 aromatic carbocycles. The van der Waals surface area contributed by atoms with E-state index >= 15 is 0 Å². The maximum atomic E-state index is 13.0. The second-order valence-electron chi connectivity index (χ2n) is 7.29. The molecule has 1 fully saturated rings. The van der Waals surface area contributed by atoms with Crippen LogP contribution in [0.1, 0.15) is 18.6 Å². The average Bonchev–Trinajstić information content (AvgIpc) is 3.44. The van der Waals surface area contributed by atoms with Crippen LogP contribution in [0.5, 0.6) is 0 Å². The molecular weight excluding hydrogens is 509 g/mol. The van der Waals surface area contributed by atoms with Crippen molar-refractivity contribution in [3.8, 4) is 11.3 Å². The summed E-state index contributed by atoms with van der Waals surface area (Å²) in [7, 11) is -3.84.